The van der Waals surface area contributed by atoms with E-state index in [-0.39, 0.29) is 0 Å². The molecule has 0 aliphatic heterocycles. The maximum Gasteiger partial charge on any atom is 0.0406 e. The van der Waals surface area contributed by atoms with E-state index in [1.165, 1.54) is 18.4 Å². The van der Waals surface area contributed by atoms with E-state index >= 15 is 0 Å². The van der Waals surface area contributed by atoms with Crippen LogP contribution in [0.3, 0.4) is 0 Å². The average molecular weight is 196 g/mol. The predicted molar refractivity (Wildman–Crippen MR) is 56.0 cm³/mol. The van der Waals surface area contributed by atoms with Gasteiger partial charge in [-0.3, -0.25) is 0 Å². The number of hydrogen-bond donors (Lipinski definition) is 1. The summed E-state index contributed by atoms with van der Waals surface area (Å²) < 4.78 is 0. The molecule has 1 aliphatic rings. The zero-order valence-corrected chi connectivity index (χ0v) is 8.30. The molecule has 0 bridgehead atoms. The molecule has 2 atom stereocenters. The second-order valence-electron chi connectivity index (χ2n) is 3.75. The first-order valence-corrected chi connectivity index (χ1v) is 5.16. The number of hydrogen-bond acceptors (Lipinski definition) is 1. The maximum absolute atomic E-state index is 6.02. The molecule has 2 heteroatoms. The largest absolute Gasteiger partial charge is 0.327 e. The molecule has 1 aromatic rings. The molecule has 0 unspecified atom stereocenters. The highest BCUT2D eigenvalue weighted by molar-refractivity contribution is 6.30. The minimum atomic E-state index is 0.348. The van der Waals surface area contributed by atoms with Crippen LogP contribution in [0.5, 0.6) is 0 Å². The van der Waals surface area contributed by atoms with E-state index in [1.807, 2.05) is 12.1 Å². The Morgan fingerprint density at radius 2 is 1.85 bits per heavy atom. The van der Waals surface area contributed by atoms with Gasteiger partial charge in [-0.25, -0.2) is 0 Å². The van der Waals surface area contributed by atoms with Crippen molar-refractivity contribution < 1.29 is 0 Å². The molecule has 1 aliphatic carbocycles. The molecule has 1 nitrogen and oxygen atoms in total. The average Bonchev–Trinajstić information content (AvgIpc) is 2.53. The molecule has 0 radical (unpaired) electrons. The van der Waals surface area contributed by atoms with E-state index in [0.29, 0.717) is 12.0 Å². The Bertz CT molecular complexity index is 281. The Kier molecular flexibility index (Phi) is 2.56. The molecule has 0 aromatic heterocycles. The van der Waals surface area contributed by atoms with E-state index in [1.54, 1.807) is 0 Å². The van der Waals surface area contributed by atoms with Gasteiger partial charge in [0.1, 0.15) is 0 Å². The van der Waals surface area contributed by atoms with Crippen molar-refractivity contribution in [1.82, 2.24) is 0 Å². The van der Waals surface area contributed by atoms with Crippen molar-refractivity contribution in [3.63, 3.8) is 0 Å². The second kappa shape index (κ2) is 3.69. The van der Waals surface area contributed by atoms with Gasteiger partial charge in [0.2, 0.25) is 0 Å². The van der Waals surface area contributed by atoms with Gasteiger partial charge in [-0.2, -0.15) is 0 Å². The van der Waals surface area contributed by atoms with Crippen LogP contribution in [-0.4, -0.2) is 6.04 Å². The molecule has 1 aromatic carbocycles. The molecule has 0 saturated heterocycles. The Morgan fingerprint density at radius 3 is 2.38 bits per heavy atom. The Balaban J connectivity index is 2.20. The van der Waals surface area contributed by atoms with Crippen molar-refractivity contribution in [1.29, 1.82) is 0 Å². The van der Waals surface area contributed by atoms with Gasteiger partial charge in [-0.05, 0) is 36.5 Å². The summed E-state index contributed by atoms with van der Waals surface area (Å²) in [4.78, 5) is 0. The summed E-state index contributed by atoms with van der Waals surface area (Å²) in [6, 6.07) is 8.43. The van der Waals surface area contributed by atoms with Crippen molar-refractivity contribution in [2.24, 2.45) is 5.73 Å². The van der Waals surface area contributed by atoms with E-state index in [9.17, 15) is 0 Å². The summed E-state index contributed by atoms with van der Waals surface area (Å²) in [5, 5.41) is 0.801. The zero-order valence-electron chi connectivity index (χ0n) is 7.54. The van der Waals surface area contributed by atoms with Crippen LogP contribution >= 0.6 is 11.6 Å². The zero-order chi connectivity index (χ0) is 9.26. The first kappa shape index (κ1) is 9.04. The fourth-order valence-corrected chi connectivity index (χ4v) is 2.24. The summed E-state index contributed by atoms with van der Waals surface area (Å²) in [5.41, 5.74) is 7.36. The fourth-order valence-electron chi connectivity index (χ4n) is 2.11. The summed E-state index contributed by atoms with van der Waals surface area (Å²) in [6.45, 7) is 0. The van der Waals surface area contributed by atoms with Crippen molar-refractivity contribution in [3.8, 4) is 0 Å². The Morgan fingerprint density at radius 1 is 1.15 bits per heavy atom. The van der Waals surface area contributed by atoms with Crippen LogP contribution in [0.1, 0.15) is 30.7 Å². The van der Waals surface area contributed by atoms with Gasteiger partial charge in [-0.15, -0.1) is 0 Å². The van der Waals surface area contributed by atoms with Gasteiger partial charge in [0.15, 0.2) is 0 Å². The topological polar surface area (TPSA) is 26.0 Å². The maximum atomic E-state index is 6.02. The standard InChI is InChI=1S/C11H14ClN/c12-9-6-4-8(5-7-9)10-2-1-3-11(10)13/h4-7,10-11H,1-3,13H2/t10-,11+/m0/s1. The lowest BCUT2D eigenvalue weighted by atomic mass is 9.95. The van der Waals surface area contributed by atoms with E-state index in [2.05, 4.69) is 12.1 Å². The second-order valence-corrected chi connectivity index (χ2v) is 4.19. The van der Waals surface area contributed by atoms with Crippen molar-refractivity contribution in [3.05, 3.63) is 34.9 Å². The first-order chi connectivity index (χ1) is 6.27. The molecular formula is C11H14ClN. The Hall–Kier alpha value is -0.530. The van der Waals surface area contributed by atoms with Crippen LogP contribution in [-0.2, 0) is 0 Å². The van der Waals surface area contributed by atoms with E-state index in [4.69, 9.17) is 17.3 Å². The summed E-state index contributed by atoms with van der Waals surface area (Å²) in [7, 11) is 0. The lowest BCUT2D eigenvalue weighted by molar-refractivity contribution is 0.613. The number of rotatable bonds is 1. The lowest BCUT2D eigenvalue weighted by Crippen LogP contribution is -2.22. The molecule has 2 rings (SSSR count). The number of halogens is 1. The SMILES string of the molecule is N[C@@H]1CCC[C@H]1c1ccc(Cl)cc1. The molecule has 1 saturated carbocycles. The van der Waals surface area contributed by atoms with Crippen molar-refractivity contribution >= 4 is 11.6 Å². The predicted octanol–water partition coefficient (Wildman–Crippen LogP) is 2.93. The highest BCUT2D eigenvalue weighted by atomic mass is 35.5. The van der Waals surface area contributed by atoms with Crippen LogP contribution in [0.15, 0.2) is 24.3 Å². The van der Waals surface area contributed by atoms with Gasteiger partial charge >= 0.3 is 0 Å². The summed E-state index contributed by atoms with van der Waals surface area (Å²) in [6.07, 6.45) is 3.64. The van der Waals surface area contributed by atoms with Gasteiger partial charge in [0.05, 0.1) is 0 Å². The highest BCUT2D eigenvalue weighted by Gasteiger charge is 2.24. The van der Waals surface area contributed by atoms with Crippen LogP contribution in [0.25, 0.3) is 0 Å². The van der Waals surface area contributed by atoms with Gasteiger partial charge in [0.25, 0.3) is 0 Å². The molecule has 13 heavy (non-hydrogen) atoms. The molecule has 0 spiro atoms. The van der Waals surface area contributed by atoms with Crippen LogP contribution < -0.4 is 5.73 Å². The molecular weight excluding hydrogens is 182 g/mol. The Labute approximate surface area is 83.9 Å². The van der Waals surface area contributed by atoms with Crippen LogP contribution in [0, 0.1) is 0 Å². The van der Waals surface area contributed by atoms with E-state index in [0.717, 1.165) is 11.4 Å². The first-order valence-electron chi connectivity index (χ1n) is 4.78. The molecule has 0 heterocycles. The third-order valence-electron chi connectivity index (χ3n) is 2.87. The smallest absolute Gasteiger partial charge is 0.0406 e. The van der Waals surface area contributed by atoms with Crippen molar-refractivity contribution in [2.75, 3.05) is 0 Å². The minimum absolute atomic E-state index is 0.348. The highest BCUT2D eigenvalue weighted by Crippen LogP contribution is 2.33. The summed E-state index contributed by atoms with van der Waals surface area (Å²) in [5.74, 6) is 0.553. The van der Waals surface area contributed by atoms with Gasteiger partial charge in [0, 0.05) is 11.1 Å². The van der Waals surface area contributed by atoms with Crippen LogP contribution in [0.2, 0.25) is 5.02 Å². The number of nitrogens with two attached hydrogens (primary N) is 1. The summed E-state index contributed by atoms with van der Waals surface area (Å²) >= 11 is 5.82. The van der Waals surface area contributed by atoms with Gasteiger partial charge in [-0.1, -0.05) is 30.2 Å². The van der Waals surface area contributed by atoms with Gasteiger partial charge < -0.3 is 5.73 Å². The lowest BCUT2D eigenvalue weighted by Gasteiger charge is -2.15. The quantitative estimate of drug-likeness (QED) is 0.733. The molecule has 70 valence electrons. The number of benzene rings is 1. The molecule has 0 amide bonds. The minimum Gasteiger partial charge on any atom is -0.327 e. The molecule has 2 N–H and O–H groups in total. The monoisotopic (exact) mass is 195 g/mol. The van der Waals surface area contributed by atoms with E-state index < -0.39 is 0 Å². The normalized spacial score (nSPS) is 27.8. The van der Waals surface area contributed by atoms with Crippen LogP contribution in [0.4, 0.5) is 0 Å². The fraction of sp³-hybridized carbons (Fsp3) is 0.455. The third kappa shape index (κ3) is 1.87. The molecule has 1 fully saturated rings. The third-order valence-corrected chi connectivity index (χ3v) is 3.12. The van der Waals surface area contributed by atoms with Crippen molar-refractivity contribution in [2.45, 2.75) is 31.2 Å².